The molecule has 1 heterocycles. The third-order valence-electron chi connectivity index (χ3n) is 4.76. The van der Waals surface area contributed by atoms with Crippen molar-refractivity contribution in [3.05, 3.63) is 66.0 Å². The quantitative estimate of drug-likeness (QED) is 0.673. The Morgan fingerprint density at radius 2 is 2.00 bits per heavy atom. The molecule has 1 saturated carbocycles. The first-order chi connectivity index (χ1) is 12.6. The van der Waals surface area contributed by atoms with Gasteiger partial charge in [-0.2, -0.15) is 0 Å². The summed E-state index contributed by atoms with van der Waals surface area (Å²) in [6.07, 6.45) is 3.92. The summed E-state index contributed by atoms with van der Waals surface area (Å²) in [4.78, 5) is 18.8. The summed E-state index contributed by atoms with van der Waals surface area (Å²) in [5.74, 6) is -1.24. The Bertz CT molecular complexity index is 949. The average Bonchev–Trinajstić information content (AvgIpc) is 3.39. The summed E-state index contributed by atoms with van der Waals surface area (Å²) in [5.41, 5.74) is 2.23. The lowest BCUT2D eigenvalue weighted by Gasteiger charge is -2.23. The maximum Gasteiger partial charge on any atom is 0.224 e. The number of carbonyl (C=O) groups is 1. The molecule has 0 N–H and O–H groups in total. The number of aromatic nitrogens is 2. The molecule has 0 radical (unpaired) electrons. The molecule has 1 amide bonds. The van der Waals surface area contributed by atoms with Crippen LogP contribution in [0, 0.1) is 11.6 Å². The normalized spacial score (nSPS) is 13.9. The van der Waals surface area contributed by atoms with E-state index >= 15 is 0 Å². The summed E-state index contributed by atoms with van der Waals surface area (Å²) in [6.45, 7) is 0.703. The van der Waals surface area contributed by atoms with Crippen molar-refractivity contribution in [2.45, 2.75) is 38.4 Å². The zero-order chi connectivity index (χ0) is 18.1. The molecule has 26 heavy (non-hydrogen) atoms. The first-order valence-electron chi connectivity index (χ1n) is 8.75. The predicted molar refractivity (Wildman–Crippen MR) is 94.3 cm³/mol. The molecule has 2 aromatic carbocycles. The van der Waals surface area contributed by atoms with Gasteiger partial charge in [0, 0.05) is 37.2 Å². The second-order valence-electron chi connectivity index (χ2n) is 6.67. The van der Waals surface area contributed by atoms with Crippen LogP contribution in [0.15, 0.2) is 48.8 Å². The fourth-order valence-electron chi connectivity index (χ4n) is 3.19. The molecule has 6 heteroatoms. The highest BCUT2D eigenvalue weighted by molar-refractivity contribution is 5.78. The Labute approximate surface area is 150 Å². The lowest BCUT2D eigenvalue weighted by atomic mass is 10.2. The number of amides is 1. The molecule has 1 aromatic heterocycles. The molecular weight excluding hydrogens is 336 g/mol. The largest absolute Gasteiger partial charge is 0.335 e. The van der Waals surface area contributed by atoms with Crippen LogP contribution in [-0.4, -0.2) is 26.4 Å². The van der Waals surface area contributed by atoms with Gasteiger partial charge in [0.15, 0.2) is 0 Å². The average molecular weight is 355 g/mol. The molecule has 0 spiro atoms. The highest BCUT2D eigenvalue weighted by Crippen LogP contribution is 2.29. The van der Waals surface area contributed by atoms with E-state index in [0.29, 0.717) is 18.5 Å². The smallest absolute Gasteiger partial charge is 0.224 e. The molecule has 0 saturated heterocycles. The summed E-state index contributed by atoms with van der Waals surface area (Å²) in [7, 11) is 0. The number of aryl methyl sites for hydroxylation is 1. The van der Waals surface area contributed by atoms with Gasteiger partial charge in [-0.05, 0) is 31.0 Å². The predicted octanol–water partition coefficient (Wildman–Crippen LogP) is 3.90. The first kappa shape index (κ1) is 16.7. The van der Waals surface area contributed by atoms with Gasteiger partial charge in [0.2, 0.25) is 5.91 Å². The van der Waals surface area contributed by atoms with Crippen LogP contribution in [0.2, 0.25) is 0 Å². The van der Waals surface area contributed by atoms with Crippen LogP contribution in [0.4, 0.5) is 8.78 Å². The zero-order valence-corrected chi connectivity index (χ0v) is 14.2. The van der Waals surface area contributed by atoms with E-state index in [9.17, 15) is 13.6 Å². The van der Waals surface area contributed by atoms with E-state index in [-0.39, 0.29) is 18.5 Å². The molecule has 1 fully saturated rings. The summed E-state index contributed by atoms with van der Waals surface area (Å²) in [6, 6.07) is 11.4. The van der Waals surface area contributed by atoms with E-state index in [1.807, 2.05) is 28.8 Å². The molecule has 0 aliphatic heterocycles. The van der Waals surface area contributed by atoms with Crippen LogP contribution >= 0.6 is 0 Å². The highest BCUT2D eigenvalue weighted by Gasteiger charge is 2.32. The molecule has 4 nitrogen and oxygen atoms in total. The maximum absolute atomic E-state index is 14.0. The van der Waals surface area contributed by atoms with Crippen LogP contribution < -0.4 is 0 Å². The summed E-state index contributed by atoms with van der Waals surface area (Å²) in [5, 5.41) is 0. The number of nitrogens with zero attached hydrogens (tertiary/aromatic N) is 3. The number of benzene rings is 2. The number of halogens is 2. The number of rotatable bonds is 6. The van der Waals surface area contributed by atoms with Crippen molar-refractivity contribution in [3.8, 4) is 0 Å². The standard InChI is InChI=1S/C20H19F2N3O/c21-15-6-5-14(17(22)11-15)12-25(16-7-8-16)20(26)9-10-24-13-23-18-3-1-2-4-19(18)24/h1-6,11,13,16H,7-10,12H2. The Morgan fingerprint density at radius 3 is 2.77 bits per heavy atom. The van der Waals surface area contributed by atoms with E-state index in [1.54, 1.807) is 11.2 Å². The van der Waals surface area contributed by atoms with Gasteiger partial charge in [-0.3, -0.25) is 4.79 Å². The van der Waals surface area contributed by atoms with Gasteiger partial charge in [0.05, 0.1) is 17.4 Å². The molecular formula is C20H19F2N3O. The number of imidazole rings is 1. The van der Waals surface area contributed by atoms with Gasteiger partial charge in [-0.15, -0.1) is 0 Å². The fraction of sp³-hybridized carbons (Fsp3) is 0.300. The van der Waals surface area contributed by atoms with Gasteiger partial charge in [-0.1, -0.05) is 18.2 Å². The molecule has 0 unspecified atom stereocenters. The van der Waals surface area contributed by atoms with Gasteiger partial charge in [0.25, 0.3) is 0 Å². The molecule has 0 atom stereocenters. The Balaban J connectivity index is 1.46. The van der Waals surface area contributed by atoms with Crippen molar-refractivity contribution in [2.75, 3.05) is 0 Å². The Morgan fingerprint density at radius 1 is 1.19 bits per heavy atom. The van der Waals surface area contributed by atoms with E-state index in [1.165, 1.54) is 12.1 Å². The highest BCUT2D eigenvalue weighted by atomic mass is 19.1. The molecule has 4 rings (SSSR count). The second-order valence-corrected chi connectivity index (χ2v) is 6.67. The molecule has 3 aromatic rings. The molecule has 1 aliphatic rings. The number of hydrogen-bond acceptors (Lipinski definition) is 2. The minimum absolute atomic E-state index is 0.0194. The van der Waals surface area contributed by atoms with Crippen LogP contribution in [0.25, 0.3) is 11.0 Å². The number of hydrogen-bond donors (Lipinski definition) is 0. The van der Waals surface area contributed by atoms with Crippen molar-refractivity contribution in [2.24, 2.45) is 0 Å². The van der Waals surface area contributed by atoms with E-state index in [4.69, 9.17) is 0 Å². The van der Waals surface area contributed by atoms with E-state index in [0.717, 1.165) is 29.9 Å². The second kappa shape index (κ2) is 6.86. The first-order valence-corrected chi connectivity index (χ1v) is 8.75. The van der Waals surface area contributed by atoms with E-state index < -0.39 is 11.6 Å². The Kier molecular flexibility index (Phi) is 4.41. The molecule has 0 bridgehead atoms. The van der Waals surface area contributed by atoms with Crippen LogP contribution in [0.5, 0.6) is 0 Å². The Hall–Kier alpha value is -2.76. The van der Waals surface area contributed by atoms with Crippen molar-refractivity contribution in [1.29, 1.82) is 0 Å². The van der Waals surface area contributed by atoms with Crippen molar-refractivity contribution >= 4 is 16.9 Å². The van der Waals surface area contributed by atoms with E-state index in [2.05, 4.69) is 4.98 Å². The van der Waals surface area contributed by atoms with Gasteiger partial charge >= 0.3 is 0 Å². The lowest BCUT2D eigenvalue weighted by molar-refractivity contribution is -0.132. The van der Waals surface area contributed by atoms with Gasteiger partial charge in [-0.25, -0.2) is 13.8 Å². The van der Waals surface area contributed by atoms with Crippen LogP contribution in [-0.2, 0) is 17.9 Å². The van der Waals surface area contributed by atoms with Gasteiger partial charge < -0.3 is 9.47 Å². The minimum atomic E-state index is -0.609. The topological polar surface area (TPSA) is 38.1 Å². The summed E-state index contributed by atoms with van der Waals surface area (Å²) >= 11 is 0. The SMILES string of the molecule is O=C(CCn1cnc2ccccc21)N(Cc1ccc(F)cc1F)C1CC1. The number of fused-ring (bicyclic) bond motifs is 1. The van der Waals surface area contributed by atoms with Crippen LogP contribution in [0.1, 0.15) is 24.8 Å². The molecule has 134 valence electrons. The van der Waals surface area contributed by atoms with Crippen molar-refractivity contribution < 1.29 is 13.6 Å². The number of carbonyl (C=O) groups excluding carboxylic acids is 1. The fourth-order valence-corrected chi connectivity index (χ4v) is 3.19. The van der Waals surface area contributed by atoms with Crippen molar-refractivity contribution in [3.63, 3.8) is 0 Å². The summed E-state index contributed by atoms with van der Waals surface area (Å²) < 4.78 is 29.0. The zero-order valence-electron chi connectivity index (χ0n) is 14.2. The monoisotopic (exact) mass is 355 g/mol. The van der Waals surface area contributed by atoms with Gasteiger partial charge in [0.1, 0.15) is 11.6 Å². The minimum Gasteiger partial charge on any atom is -0.335 e. The lowest BCUT2D eigenvalue weighted by Crippen LogP contribution is -2.33. The third kappa shape index (κ3) is 3.45. The van der Waals surface area contributed by atoms with Crippen LogP contribution in [0.3, 0.4) is 0 Å². The molecule has 1 aliphatic carbocycles. The van der Waals surface area contributed by atoms with Crippen molar-refractivity contribution in [1.82, 2.24) is 14.5 Å². The maximum atomic E-state index is 14.0. The number of para-hydroxylation sites is 2. The third-order valence-corrected chi connectivity index (χ3v) is 4.76.